The molecule has 0 unspecified atom stereocenters. The van der Waals surface area contributed by atoms with Gasteiger partial charge >= 0.3 is 5.97 Å². The molecule has 0 atom stereocenters. The van der Waals surface area contributed by atoms with Gasteiger partial charge in [-0.3, -0.25) is 4.79 Å². The second kappa shape index (κ2) is 8.30. The molecule has 7 nitrogen and oxygen atoms in total. The van der Waals surface area contributed by atoms with Crippen molar-refractivity contribution in [1.82, 2.24) is 5.32 Å². The number of guanidine groups is 1. The molecule has 0 aliphatic heterocycles. The Hall–Kier alpha value is -3.61. The Morgan fingerprint density at radius 2 is 1.68 bits per heavy atom. The molecule has 2 aromatic rings. The number of rotatable bonds is 5. The van der Waals surface area contributed by atoms with E-state index in [0.29, 0.717) is 17.0 Å². The molecule has 0 saturated heterocycles. The molecule has 0 aliphatic rings. The van der Waals surface area contributed by atoms with Crippen LogP contribution < -0.4 is 21.5 Å². The summed E-state index contributed by atoms with van der Waals surface area (Å²) in [5, 5.41) is 2.49. The molecular formula is C18H18N4O3. The van der Waals surface area contributed by atoms with Crippen LogP contribution in [0.1, 0.15) is 15.9 Å². The van der Waals surface area contributed by atoms with E-state index in [2.05, 4.69) is 10.3 Å². The number of likely N-dealkylation sites (N-methyl/N-ethyl adjacent to an activating group) is 1. The van der Waals surface area contributed by atoms with Crippen molar-refractivity contribution in [3.8, 4) is 5.75 Å². The minimum absolute atomic E-state index is 0.0547. The van der Waals surface area contributed by atoms with Gasteiger partial charge in [0.1, 0.15) is 5.75 Å². The van der Waals surface area contributed by atoms with Gasteiger partial charge in [-0.2, -0.15) is 0 Å². The van der Waals surface area contributed by atoms with Crippen LogP contribution in [0, 0.1) is 0 Å². The van der Waals surface area contributed by atoms with Gasteiger partial charge in [0, 0.05) is 13.1 Å². The highest BCUT2D eigenvalue weighted by atomic mass is 16.5. The lowest BCUT2D eigenvalue weighted by molar-refractivity contribution is -0.115. The van der Waals surface area contributed by atoms with Crippen molar-refractivity contribution in [3.05, 3.63) is 65.7 Å². The molecular weight excluding hydrogens is 320 g/mol. The normalized spacial score (nSPS) is 10.3. The van der Waals surface area contributed by atoms with Crippen LogP contribution >= 0.6 is 0 Å². The van der Waals surface area contributed by atoms with E-state index in [-0.39, 0.29) is 11.9 Å². The van der Waals surface area contributed by atoms with E-state index in [9.17, 15) is 9.59 Å². The van der Waals surface area contributed by atoms with Gasteiger partial charge in [0.15, 0.2) is 5.96 Å². The first-order valence-corrected chi connectivity index (χ1v) is 7.39. The van der Waals surface area contributed by atoms with Crippen LogP contribution in [0.25, 0.3) is 6.08 Å². The monoisotopic (exact) mass is 338 g/mol. The minimum atomic E-state index is -0.495. The van der Waals surface area contributed by atoms with Gasteiger partial charge in [0.05, 0.1) is 11.3 Å². The molecule has 2 aromatic carbocycles. The highest BCUT2D eigenvalue weighted by molar-refractivity contribution is 5.92. The van der Waals surface area contributed by atoms with E-state index in [0.717, 1.165) is 5.56 Å². The molecule has 25 heavy (non-hydrogen) atoms. The second-order valence-electron chi connectivity index (χ2n) is 4.99. The Labute approximate surface area is 145 Å². The fourth-order valence-corrected chi connectivity index (χ4v) is 1.89. The quantitative estimate of drug-likeness (QED) is 0.251. The minimum Gasteiger partial charge on any atom is -0.423 e. The van der Waals surface area contributed by atoms with E-state index >= 15 is 0 Å². The fourth-order valence-electron chi connectivity index (χ4n) is 1.89. The number of nitrogens with one attached hydrogen (secondary N) is 1. The van der Waals surface area contributed by atoms with Gasteiger partial charge < -0.3 is 21.5 Å². The Balaban J connectivity index is 2.01. The van der Waals surface area contributed by atoms with Crippen LogP contribution in [-0.2, 0) is 4.79 Å². The smallest absolute Gasteiger partial charge is 0.343 e. The molecule has 0 radical (unpaired) electrons. The molecule has 128 valence electrons. The number of carbonyl (C=O) groups excluding carboxylic acids is 2. The van der Waals surface area contributed by atoms with Crippen molar-refractivity contribution in [2.45, 2.75) is 0 Å². The maximum atomic E-state index is 12.1. The van der Waals surface area contributed by atoms with Crippen molar-refractivity contribution in [3.63, 3.8) is 0 Å². The molecule has 0 aliphatic carbocycles. The van der Waals surface area contributed by atoms with E-state index in [4.69, 9.17) is 16.2 Å². The highest BCUT2D eigenvalue weighted by Gasteiger charge is 2.08. The van der Waals surface area contributed by atoms with Gasteiger partial charge in [0.25, 0.3) is 0 Å². The maximum Gasteiger partial charge on any atom is 0.343 e. The third-order valence-electron chi connectivity index (χ3n) is 3.13. The molecule has 1 amide bonds. The topological polar surface area (TPSA) is 120 Å². The third kappa shape index (κ3) is 5.51. The zero-order valence-corrected chi connectivity index (χ0v) is 13.6. The van der Waals surface area contributed by atoms with Crippen LogP contribution in [0.15, 0.2) is 59.6 Å². The van der Waals surface area contributed by atoms with Crippen LogP contribution in [0.4, 0.5) is 5.69 Å². The number of nitrogens with zero attached hydrogens (tertiary/aromatic N) is 1. The van der Waals surface area contributed by atoms with E-state index in [1.165, 1.54) is 6.08 Å². The SMILES string of the molecule is CNC(=O)/C=C/c1ccc(OC(=O)c2ccc(N=C(N)N)cc2)cc1. The molecule has 5 N–H and O–H groups in total. The van der Waals surface area contributed by atoms with Crippen LogP contribution in [-0.4, -0.2) is 24.9 Å². The average Bonchev–Trinajstić information content (AvgIpc) is 2.61. The van der Waals surface area contributed by atoms with Gasteiger partial charge in [-0.05, 0) is 48.0 Å². The predicted octanol–water partition coefficient (Wildman–Crippen LogP) is 1.57. The van der Waals surface area contributed by atoms with Crippen molar-refractivity contribution in [1.29, 1.82) is 0 Å². The third-order valence-corrected chi connectivity index (χ3v) is 3.13. The Morgan fingerprint density at radius 1 is 1.04 bits per heavy atom. The number of carbonyl (C=O) groups is 2. The first-order chi connectivity index (χ1) is 12.0. The van der Waals surface area contributed by atoms with E-state index in [1.807, 2.05) is 0 Å². The number of amides is 1. The largest absolute Gasteiger partial charge is 0.423 e. The summed E-state index contributed by atoms with van der Waals surface area (Å²) in [6.45, 7) is 0. The Bertz CT molecular complexity index is 805. The maximum absolute atomic E-state index is 12.1. The van der Waals surface area contributed by atoms with Gasteiger partial charge in [-0.15, -0.1) is 0 Å². The molecule has 0 bridgehead atoms. The van der Waals surface area contributed by atoms with E-state index < -0.39 is 5.97 Å². The van der Waals surface area contributed by atoms with Crippen LogP contribution in [0.2, 0.25) is 0 Å². The van der Waals surface area contributed by atoms with E-state index in [1.54, 1.807) is 61.7 Å². The first-order valence-electron chi connectivity index (χ1n) is 7.39. The Kier molecular flexibility index (Phi) is 5.89. The van der Waals surface area contributed by atoms with Crippen LogP contribution in [0.5, 0.6) is 5.75 Å². The zero-order valence-electron chi connectivity index (χ0n) is 13.6. The molecule has 0 spiro atoms. The molecule has 7 heteroatoms. The number of nitrogens with two attached hydrogens (primary N) is 2. The first kappa shape index (κ1) is 17.7. The number of aliphatic imine (C=N–C) groups is 1. The molecule has 2 rings (SSSR count). The second-order valence-corrected chi connectivity index (χ2v) is 4.99. The summed E-state index contributed by atoms with van der Waals surface area (Å²) in [5.41, 5.74) is 12.3. The van der Waals surface area contributed by atoms with Gasteiger partial charge in [-0.1, -0.05) is 12.1 Å². The number of esters is 1. The predicted molar refractivity (Wildman–Crippen MR) is 96.4 cm³/mol. The summed E-state index contributed by atoms with van der Waals surface area (Å²) >= 11 is 0. The van der Waals surface area contributed by atoms with Gasteiger partial charge in [0.2, 0.25) is 5.91 Å². The average molecular weight is 338 g/mol. The fraction of sp³-hybridized carbons (Fsp3) is 0.0556. The summed E-state index contributed by atoms with van der Waals surface area (Å²) in [6, 6.07) is 13.2. The molecule has 0 heterocycles. The lowest BCUT2D eigenvalue weighted by Gasteiger charge is -2.05. The van der Waals surface area contributed by atoms with Crippen molar-refractivity contribution in [2.75, 3.05) is 7.05 Å². The van der Waals surface area contributed by atoms with Crippen LogP contribution in [0.3, 0.4) is 0 Å². The lowest BCUT2D eigenvalue weighted by atomic mass is 10.2. The summed E-state index contributed by atoms with van der Waals surface area (Å²) in [5.74, 6) is -0.346. The van der Waals surface area contributed by atoms with Gasteiger partial charge in [-0.25, -0.2) is 9.79 Å². The molecule has 0 aromatic heterocycles. The number of hydrogen-bond donors (Lipinski definition) is 3. The summed E-state index contributed by atoms with van der Waals surface area (Å²) in [6.07, 6.45) is 3.08. The number of benzene rings is 2. The van der Waals surface area contributed by atoms with Crippen molar-refractivity contribution >= 4 is 29.6 Å². The summed E-state index contributed by atoms with van der Waals surface area (Å²) in [4.78, 5) is 27.1. The number of ether oxygens (including phenoxy) is 1. The standard InChI is InChI=1S/C18H18N4O3/c1-21-16(23)11-4-12-2-9-15(10-3-12)25-17(24)13-5-7-14(8-6-13)22-18(19)20/h2-11H,1H3,(H,21,23)(H4,19,20,22)/b11-4+. The number of hydrogen-bond acceptors (Lipinski definition) is 4. The molecule has 0 saturated carbocycles. The molecule has 0 fully saturated rings. The van der Waals surface area contributed by atoms with Crippen molar-refractivity contribution in [2.24, 2.45) is 16.5 Å². The van der Waals surface area contributed by atoms with Crippen molar-refractivity contribution < 1.29 is 14.3 Å². The summed E-state index contributed by atoms with van der Waals surface area (Å²) < 4.78 is 5.30. The summed E-state index contributed by atoms with van der Waals surface area (Å²) in [7, 11) is 1.55. The Morgan fingerprint density at radius 3 is 2.24 bits per heavy atom. The zero-order chi connectivity index (χ0) is 18.2. The highest BCUT2D eigenvalue weighted by Crippen LogP contribution is 2.17. The lowest BCUT2D eigenvalue weighted by Crippen LogP contribution is -2.21.